The van der Waals surface area contributed by atoms with Gasteiger partial charge in [0.2, 0.25) is 6.41 Å². The van der Waals surface area contributed by atoms with E-state index in [1.807, 2.05) is 24.3 Å². The first-order valence-corrected chi connectivity index (χ1v) is 7.26. The minimum atomic E-state index is -0.594. The molecule has 2 amide bonds. The fourth-order valence-corrected chi connectivity index (χ4v) is 2.23. The molecule has 0 fully saturated rings. The Morgan fingerprint density at radius 1 is 1.00 bits per heavy atom. The molecule has 0 aliphatic rings. The summed E-state index contributed by atoms with van der Waals surface area (Å²) < 4.78 is 0. The lowest BCUT2D eigenvalue weighted by Crippen LogP contribution is -2.19. The molecule has 0 aliphatic carbocycles. The summed E-state index contributed by atoms with van der Waals surface area (Å²) >= 11 is 0. The van der Waals surface area contributed by atoms with Gasteiger partial charge in [0.05, 0.1) is 0 Å². The second-order valence-electron chi connectivity index (χ2n) is 6.26. The summed E-state index contributed by atoms with van der Waals surface area (Å²) in [6.07, 6.45) is 0.729. The van der Waals surface area contributed by atoms with Gasteiger partial charge < -0.3 is 0 Å². The number of hydrogen-bond donors (Lipinski definition) is 2. The smallest absolute Gasteiger partial charge is 0.274 e. The Kier molecular flexibility index (Phi) is 4.81. The number of hydrogen-bond acceptors (Lipinski definition) is 3. The first kappa shape index (κ1) is 16.7. The second-order valence-corrected chi connectivity index (χ2v) is 6.26. The van der Waals surface area contributed by atoms with Gasteiger partial charge in [-0.25, -0.2) is 5.48 Å². The van der Waals surface area contributed by atoms with Crippen LogP contribution in [0.3, 0.4) is 0 Å². The van der Waals surface area contributed by atoms with Gasteiger partial charge in [-0.15, -0.1) is 0 Å². The molecule has 120 valence electrons. The van der Waals surface area contributed by atoms with Crippen molar-refractivity contribution < 1.29 is 14.8 Å². The van der Waals surface area contributed by atoms with Gasteiger partial charge in [-0.2, -0.15) is 0 Å². The molecule has 0 aromatic heterocycles. The van der Waals surface area contributed by atoms with E-state index in [4.69, 9.17) is 5.21 Å². The number of hydroxylamine groups is 1. The lowest BCUT2D eigenvalue weighted by molar-refractivity contribution is -0.106. The van der Waals surface area contributed by atoms with Crippen LogP contribution in [-0.4, -0.2) is 17.5 Å². The Labute approximate surface area is 135 Å². The third-order valence-electron chi connectivity index (χ3n) is 3.63. The van der Waals surface area contributed by atoms with Gasteiger partial charge in [-0.1, -0.05) is 32.9 Å². The average molecular weight is 312 g/mol. The molecule has 0 aliphatic heterocycles. The number of nitrogens with one attached hydrogen (secondary N) is 1. The highest BCUT2D eigenvalue weighted by Crippen LogP contribution is 2.28. The molecule has 2 aromatic carbocycles. The molecule has 0 atom stereocenters. The number of amides is 2. The third kappa shape index (κ3) is 3.76. The minimum Gasteiger partial charge on any atom is -0.288 e. The van der Waals surface area contributed by atoms with Crippen LogP contribution >= 0.6 is 0 Å². The monoisotopic (exact) mass is 312 g/mol. The Hall–Kier alpha value is -2.66. The van der Waals surface area contributed by atoms with Crippen molar-refractivity contribution in [3.05, 3.63) is 59.7 Å². The number of carbonyl (C=O) groups excluding carboxylic acids is 2. The number of carbonyl (C=O) groups is 2. The van der Waals surface area contributed by atoms with Crippen LogP contribution in [0.15, 0.2) is 48.5 Å². The summed E-state index contributed by atoms with van der Waals surface area (Å²) in [7, 11) is 0. The lowest BCUT2D eigenvalue weighted by Gasteiger charge is -2.22. The van der Waals surface area contributed by atoms with E-state index in [1.165, 1.54) is 10.5 Å². The van der Waals surface area contributed by atoms with Crippen molar-refractivity contribution in [2.45, 2.75) is 26.2 Å². The van der Waals surface area contributed by atoms with Crippen molar-refractivity contribution in [1.29, 1.82) is 0 Å². The third-order valence-corrected chi connectivity index (χ3v) is 3.63. The molecular weight excluding hydrogens is 292 g/mol. The Morgan fingerprint density at radius 3 is 1.87 bits per heavy atom. The molecule has 5 heteroatoms. The summed E-state index contributed by atoms with van der Waals surface area (Å²) in [6.45, 7) is 6.39. The topological polar surface area (TPSA) is 69.6 Å². The maximum absolute atomic E-state index is 11.5. The van der Waals surface area contributed by atoms with E-state index in [-0.39, 0.29) is 5.41 Å². The van der Waals surface area contributed by atoms with Crippen LogP contribution in [0, 0.1) is 0 Å². The maximum atomic E-state index is 11.5. The normalized spacial score (nSPS) is 11.0. The van der Waals surface area contributed by atoms with Gasteiger partial charge in [-0.3, -0.25) is 19.7 Å². The van der Waals surface area contributed by atoms with Crippen LogP contribution in [0.5, 0.6) is 0 Å². The van der Waals surface area contributed by atoms with E-state index in [0.717, 1.165) is 12.1 Å². The molecule has 0 radical (unpaired) electrons. The Bertz CT molecular complexity index is 686. The fourth-order valence-electron chi connectivity index (χ4n) is 2.23. The van der Waals surface area contributed by atoms with E-state index in [1.54, 1.807) is 29.7 Å². The molecule has 2 N–H and O–H groups in total. The predicted octanol–water partition coefficient (Wildman–Crippen LogP) is 3.40. The van der Waals surface area contributed by atoms with E-state index >= 15 is 0 Å². The van der Waals surface area contributed by atoms with E-state index < -0.39 is 5.91 Å². The summed E-state index contributed by atoms with van der Waals surface area (Å²) in [5.41, 5.74) is 4.49. The fraction of sp³-hybridized carbons (Fsp3) is 0.222. The molecule has 0 bridgehead atoms. The van der Waals surface area contributed by atoms with Crippen molar-refractivity contribution in [3.63, 3.8) is 0 Å². The van der Waals surface area contributed by atoms with Crippen LogP contribution in [0.2, 0.25) is 0 Å². The number of rotatable bonds is 4. The molecule has 5 nitrogen and oxygen atoms in total. The van der Waals surface area contributed by atoms with Crippen LogP contribution in [0.4, 0.5) is 11.4 Å². The molecule has 2 rings (SSSR count). The molecule has 0 heterocycles. The predicted molar refractivity (Wildman–Crippen MR) is 89.0 cm³/mol. The molecule has 0 saturated carbocycles. The number of nitrogens with zero attached hydrogens (tertiary/aromatic N) is 1. The van der Waals surface area contributed by atoms with Gasteiger partial charge in [0.15, 0.2) is 0 Å². The molecular formula is C18H20N2O3. The average Bonchev–Trinajstić information content (AvgIpc) is 2.55. The quantitative estimate of drug-likeness (QED) is 0.516. The first-order chi connectivity index (χ1) is 10.9. The molecule has 0 saturated heterocycles. The van der Waals surface area contributed by atoms with Crippen molar-refractivity contribution in [3.8, 4) is 0 Å². The van der Waals surface area contributed by atoms with Crippen LogP contribution < -0.4 is 10.4 Å². The highest BCUT2D eigenvalue weighted by Gasteiger charge is 2.15. The van der Waals surface area contributed by atoms with Gasteiger partial charge >= 0.3 is 0 Å². The highest BCUT2D eigenvalue weighted by molar-refractivity contribution is 5.94. The zero-order chi connectivity index (χ0) is 17.0. The van der Waals surface area contributed by atoms with Crippen molar-refractivity contribution >= 4 is 23.7 Å². The summed E-state index contributed by atoms with van der Waals surface area (Å²) in [6, 6.07) is 14.2. The summed E-state index contributed by atoms with van der Waals surface area (Å²) in [4.78, 5) is 24.3. The zero-order valence-corrected chi connectivity index (χ0v) is 13.4. The molecule has 0 unspecified atom stereocenters. The Balaban J connectivity index is 2.29. The highest BCUT2D eigenvalue weighted by atomic mass is 16.5. The summed E-state index contributed by atoms with van der Waals surface area (Å²) in [5.74, 6) is -0.594. The molecule has 0 spiro atoms. The van der Waals surface area contributed by atoms with Gasteiger partial charge in [0, 0.05) is 16.9 Å². The summed E-state index contributed by atoms with van der Waals surface area (Å²) in [5, 5.41) is 8.62. The number of anilines is 2. The first-order valence-electron chi connectivity index (χ1n) is 7.26. The number of benzene rings is 2. The molecule has 2 aromatic rings. The molecule has 23 heavy (non-hydrogen) atoms. The van der Waals surface area contributed by atoms with Crippen molar-refractivity contribution in [1.82, 2.24) is 5.48 Å². The van der Waals surface area contributed by atoms with Crippen LogP contribution in [0.1, 0.15) is 36.7 Å². The standard InChI is InChI=1S/C18H20N2O3/c1-18(2,3)14-6-10-16(11-7-14)20(12-21)15-8-4-13(5-9-15)17(22)19-23/h4-12,23H,1-3H3,(H,19,22). The van der Waals surface area contributed by atoms with Crippen LogP contribution in [-0.2, 0) is 10.2 Å². The van der Waals surface area contributed by atoms with Crippen molar-refractivity contribution in [2.24, 2.45) is 0 Å². The van der Waals surface area contributed by atoms with Crippen molar-refractivity contribution in [2.75, 3.05) is 4.90 Å². The van der Waals surface area contributed by atoms with Gasteiger partial charge in [0.1, 0.15) is 0 Å². The van der Waals surface area contributed by atoms with E-state index in [0.29, 0.717) is 11.3 Å². The van der Waals surface area contributed by atoms with Crippen LogP contribution in [0.25, 0.3) is 0 Å². The minimum absolute atomic E-state index is 0.0455. The maximum Gasteiger partial charge on any atom is 0.274 e. The SMILES string of the molecule is CC(C)(C)c1ccc(N(C=O)c2ccc(C(=O)NO)cc2)cc1. The lowest BCUT2D eigenvalue weighted by atomic mass is 9.87. The Morgan fingerprint density at radius 2 is 1.48 bits per heavy atom. The second kappa shape index (κ2) is 6.62. The van der Waals surface area contributed by atoms with Gasteiger partial charge in [-0.05, 0) is 47.4 Å². The van der Waals surface area contributed by atoms with Gasteiger partial charge in [0.25, 0.3) is 5.91 Å². The van der Waals surface area contributed by atoms with E-state index in [9.17, 15) is 9.59 Å². The van der Waals surface area contributed by atoms with E-state index in [2.05, 4.69) is 20.8 Å². The largest absolute Gasteiger partial charge is 0.288 e. The zero-order valence-electron chi connectivity index (χ0n) is 13.4.